The Morgan fingerprint density at radius 3 is 2.78 bits per heavy atom. The number of rotatable bonds is 4. The van der Waals surface area contributed by atoms with E-state index in [9.17, 15) is 8.42 Å². The summed E-state index contributed by atoms with van der Waals surface area (Å²) in [5.41, 5.74) is 0.765. The first-order valence-electron chi connectivity index (χ1n) is 5.47. The van der Waals surface area contributed by atoms with E-state index in [2.05, 4.69) is 10.3 Å². The lowest BCUT2D eigenvalue weighted by molar-refractivity contribution is 0.602. The fourth-order valence-corrected chi connectivity index (χ4v) is 2.25. The van der Waals surface area contributed by atoms with Crippen molar-refractivity contribution in [2.75, 3.05) is 11.6 Å². The standard InChI is InChI=1S/C12H15N3O2S/c1-15-7-6-13-12(15)9-14-10-4-3-5-11(8-10)18(2,16)17/h3-8,14H,9H2,1-2H3. The molecular formula is C12H15N3O2S. The molecule has 1 aromatic carbocycles. The van der Waals surface area contributed by atoms with E-state index in [0.717, 1.165) is 11.5 Å². The van der Waals surface area contributed by atoms with Gasteiger partial charge in [-0.15, -0.1) is 0 Å². The molecule has 0 saturated heterocycles. The number of aromatic nitrogens is 2. The predicted molar refractivity (Wildman–Crippen MR) is 70.1 cm³/mol. The molecule has 0 bridgehead atoms. The van der Waals surface area contributed by atoms with Gasteiger partial charge in [0.25, 0.3) is 0 Å². The van der Waals surface area contributed by atoms with Gasteiger partial charge in [0.05, 0.1) is 11.4 Å². The van der Waals surface area contributed by atoms with E-state index < -0.39 is 9.84 Å². The maximum atomic E-state index is 11.4. The second kappa shape index (κ2) is 4.81. The van der Waals surface area contributed by atoms with Gasteiger partial charge in [-0.2, -0.15) is 0 Å². The summed E-state index contributed by atoms with van der Waals surface area (Å²) in [6.07, 6.45) is 4.79. The minimum absolute atomic E-state index is 0.312. The van der Waals surface area contributed by atoms with Gasteiger partial charge in [0.15, 0.2) is 9.84 Å². The Kier molecular flexibility index (Phi) is 3.38. The second-order valence-corrected chi connectivity index (χ2v) is 6.12. The number of hydrogen-bond acceptors (Lipinski definition) is 4. The fourth-order valence-electron chi connectivity index (χ4n) is 1.58. The minimum atomic E-state index is -3.17. The van der Waals surface area contributed by atoms with Crippen LogP contribution in [0.4, 0.5) is 5.69 Å². The molecule has 0 radical (unpaired) electrons. The van der Waals surface area contributed by atoms with Crippen molar-refractivity contribution >= 4 is 15.5 Å². The Bertz CT molecular complexity index is 647. The Morgan fingerprint density at radius 1 is 1.39 bits per heavy atom. The zero-order valence-electron chi connectivity index (χ0n) is 10.3. The van der Waals surface area contributed by atoms with E-state index in [1.54, 1.807) is 24.4 Å². The first-order chi connectivity index (χ1) is 8.47. The van der Waals surface area contributed by atoms with E-state index in [4.69, 9.17) is 0 Å². The van der Waals surface area contributed by atoms with Crippen molar-refractivity contribution in [2.45, 2.75) is 11.4 Å². The van der Waals surface area contributed by atoms with Crippen LogP contribution < -0.4 is 5.32 Å². The van der Waals surface area contributed by atoms with Crippen molar-refractivity contribution in [3.8, 4) is 0 Å². The summed E-state index contributed by atoms with van der Waals surface area (Å²) in [6, 6.07) is 6.76. The van der Waals surface area contributed by atoms with Crippen LogP contribution in [-0.2, 0) is 23.4 Å². The number of anilines is 1. The summed E-state index contributed by atoms with van der Waals surface area (Å²) in [7, 11) is -1.25. The third-order valence-corrected chi connectivity index (χ3v) is 3.74. The van der Waals surface area contributed by atoms with E-state index in [0.29, 0.717) is 11.4 Å². The molecule has 96 valence electrons. The predicted octanol–water partition coefficient (Wildman–Crippen LogP) is 1.44. The molecule has 1 aromatic heterocycles. The van der Waals surface area contributed by atoms with E-state index in [1.165, 1.54) is 6.26 Å². The average molecular weight is 265 g/mol. The smallest absolute Gasteiger partial charge is 0.175 e. The highest BCUT2D eigenvalue weighted by atomic mass is 32.2. The minimum Gasteiger partial charge on any atom is -0.378 e. The number of nitrogens with one attached hydrogen (secondary N) is 1. The van der Waals surface area contributed by atoms with Gasteiger partial charge in [0.2, 0.25) is 0 Å². The fraction of sp³-hybridized carbons (Fsp3) is 0.250. The summed E-state index contributed by atoms with van der Waals surface area (Å²) in [6.45, 7) is 0.552. The lowest BCUT2D eigenvalue weighted by Crippen LogP contribution is -2.06. The third-order valence-electron chi connectivity index (χ3n) is 2.63. The van der Waals surface area contributed by atoms with Crippen molar-refractivity contribution < 1.29 is 8.42 Å². The van der Waals surface area contributed by atoms with Gasteiger partial charge in [0, 0.05) is 31.4 Å². The van der Waals surface area contributed by atoms with Crippen molar-refractivity contribution in [3.63, 3.8) is 0 Å². The van der Waals surface area contributed by atoms with Crippen molar-refractivity contribution in [1.29, 1.82) is 0 Å². The van der Waals surface area contributed by atoms with Crippen molar-refractivity contribution in [1.82, 2.24) is 9.55 Å². The van der Waals surface area contributed by atoms with E-state index >= 15 is 0 Å². The molecule has 6 heteroatoms. The summed E-state index contributed by atoms with van der Waals surface area (Å²) >= 11 is 0. The molecule has 0 aliphatic rings. The van der Waals surface area contributed by atoms with Crippen LogP contribution in [0.3, 0.4) is 0 Å². The first-order valence-corrected chi connectivity index (χ1v) is 7.36. The van der Waals surface area contributed by atoms with E-state index in [-0.39, 0.29) is 0 Å². The molecule has 5 nitrogen and oxygen atoms in total. The molecule has 1 N–H and O–H groups in total. The normalized spacial score (nSPS) is 11.4. The largest absolute Gasteiger partial charge is 0.378 e. The molecule has 2 rings (SSSR count). The molecule has 2 aromatic rings. The maximum absolute atomic E-state index is 11.4. The van der Waals surface area contributed by atoms with Crippen molar-refractivity contribution in [3.05, 3.63) is 42.5 Å². The highest BCUT2D eigenvalue weighted by molar-refractivity contribution is 7.90. The Morgan fingerprint density at radius 2 is 2.17 bits per heavy atom. The monoisotopic (exact) mass is 265 g/mol. The molecule has 0 aliphatic carbocycles. The lowest BCUT2D eigenvalue weighted by atomic mass is 10.3. The van der Waals surface area contributed by atoms with E-state index in [1.807, 2.05) is 23.9 Å². The first kappa shape index (κ1) is 12.6. The summed E-state index contributed by atoms with van der Waals surface area (Å²) in [5.74, 6) is 0.889. The number of hydrogen-bond donors (Lipinski definition) is 1. The topological polar surface area (TPSA) is 64.0 Å². The molecule has 0 unspecified atom stereocenters. The SMILES string of the molecule is Cn1ccnc1CNc1cccc(S(C)(=O)=O)c1. The Labute approximate surface area is 106 Å². The maximum Gasteiger partial charge on any atom is 0.175 e. The van der Waals surface area contributed by atoms with Gasteiger partial charge in [-0.05, 0) is 18.2 Å². The number of benzene rings is 1. The van der Waals surface area contributed by atoms with Crippen LogP contribution >= 0.6 is 0 Å². The molecule has 0 spiro atoms. The van der Waals surface area contributed by atoms with Gasteiger partial charge in [0.1, 0.15) is 5.82 Å². The molecule has 0 fully saturated rings. The van der Waals surface area contributed by atoms with Crippen LogP contribution in [0.2, 0.25) is 0 Å². The van der Waals surface area contributed by atoms with Crippen LogP contribution in [0, 0.1) is 0 Å². The van der Waals surface area contributed by atoms with Crippen molar-refractivity contribution in [2.24, 2.45) is 7.05 Å². The van der Waals surface area contributed by atoms with Crippen LogP contribution in [0.15, 0.2) is 41.6 Å². The third kappa shape index (κ3) is 2.89. The van der Waals surface area contributed by atoms with Gasteiger partial charge in [-0.3, -0.25) is 0 Å². The average Bonchev–Trinajstić information content (AvgIpc) is 2.72. The molecule has 0 aliphatic heterocycles. The Hall–Kier alpha value is -1.82. The second-order valence-electron chi connectivity index (χ2n) is 4.11. The van der Waals surface area contributed by atoms with Crippen LogP contribution in [0.1, 0.15) is 5.82 Å². The highest BCUT2D eigenvalue weighted by Crippen LogP contribution is 2.15. The molecule has 0 amide bonds. The highest BCUT2D eigenvalue weighted by Gasteiger charge is 2.07. The molecule has 1 heterocycles. The van der Waals surface area contributed by atoms with Gasteiger partial charge in [-0.25, -0.2) is 13.4 Å². The van der Waals surface area contributed by atoms with Crippen LogP contribution in [0.5, 0.6) is 0 Å². The summed E-state index contributed by atoms with van der Waals surface area (Å²) < 4.78 is 24.8. The molecule has 0 atom stereocenters. The van der Waals surface area contributed by atoms with Crippen LogP contribution in [0.25, 0.3) is 0 Å². The van der Waals surface area contributed by atoms with Crippen LogP contribution in [-0.4, -0.2) is 24.2 Å². The van der Waals surface area contributed by atoms with Gasteiger partial charge >= 0.3 is 0 Å². The van der Waals surface area contributed by atoms with Gasteiger partial charge < -0.3 is 9.88 Å². The Balaban J connectivity index is 2.13. The number of imidazole rings is 1. The molecule has 18 heavy (non-hydrogen) atoms. The number of sulfone groups is 1. The zero-order chi connectivity index (χ0) is 13.2. The number of nitrogens with zero attached hydrogens (tertiary/aromatic N) is 2. The summed E-state index contributed by atoms with van der Waals surface area (Å²) in [5, 5.41) is 3.15. The molecule has 0 saturated carbocycles. The lowest BCUT2D eigenvalue weighted by Gasteiger charge is -2.07. The zero-order valence-corrected chi connectivity index (χ0v) is 11.1. The number of aryl methyl sites for hydroxylation is 1. The summed E-state index contributed by atoms with van der Waals surface area (Å²) in [4.78, 5) is 4.50. The quantitative estimate of drug-likeness (QED) is 0.908. The van der Waals surface area contributed by atoms with Gasteiger partial charge in [-0.1, -0.05) is 6.07 Å². The molecular weight excluding hydrogens is 250 g/mol.